The van der Waals surface area contributed by atoms with Gasteiger partial charge in [0.2, 0.25) is 0 Å². The van der Waals surface area contributed by atoms with Crippen LogP contribution in [0.2, 0.25) is 0 Å². The fraction of sp³-hybridized carbons (Fsp3) is 0.565. The van der Waals surface area contributed by atoms with Gasteiger partial charge >= 0.3 is 6.09 Å². The molecule has 0 bridgehead atoms. The third-order valence-electron chi connectivity index (χ3n) is 6.04. The van der Waals surface area contributed by atoms with Crippen molar-refractivity contribution in [3.8, 4) is 10.6 Å². The van der Waals surface area contributed by atoms with Gasteiger partial charge in [-0.25, -0.2) is 23.1 Å². The van der Waals surface area contributed by atoms with Crippen molar-refractivity contribution in [2.24, 2.45) is 0 Å². The number of alkyl halides is 2. The monoisotopic (exact) mass is 493 g/mol. The highest BCUT2D eigenvalue weighted by Gasteiger charge is 2.31. The van der Waals surface area contributed by atoms with Gasteiger partial charge in [-0.1, -0.05) is 0 Å². The van der Waals surface area contributed by atoms with E-state index in [1.54, 1.807) is 21.0 Å². The fourth-order valence-electron chi connectivity index (χ4n) is 3.99. The Morgan fingerprint density at radius 1 is 1.24 bits per heavy atom. The van der Waals surface area contributed by atoms with Gasteiger partial charge in [0.1, 0.15) is 29.6 Å². The molecule has 3 aromatic rings. The number of carbonyl (C=O) groups is 1. The lowest BCUT2D eigenvalue weighted by Gasteiger charge is -2.33. The van der Waals surface area contributed by atoms with Crippen LogP contribution in [0.25, 0.3) is 16.2 Å². The Morgan fingerprint density at radius 2 is 1.91 bits per heavy atom. The molecule has 0 atom stereocenters. The summed E-state index contributed by atoms with van der Waals surface area (Å²) in [5.41, 5.74) is 0.0560. The number of fused-ring (bicyclic) bond motifs is 1. The number of rotatable bonds is 5. The van der Waals surface area contributed by atoms with Crippen molar-refractivity contribution >= 4 is 23.1 Å². The van der Waals surface area contributed by atoms with Gasteiger partial charge in [0, 0.05) is 30.5 Å². The summed E-state index contributed by atoms with van der Waals surface area (Å²) in [5.74, 6) is 0.0319. The van der Waals surface area contributed by atoms with E-state index < -0.39 is 24.4 Å². The van der Waals surface area contributed by atoms with E-state index in [1.165, 1.54) is 24.3 Å². The van der Waals surface area contributed by atoms with Crippen LogP contribution in [0.4, 0.5) is 13.6 Å². The molecule has 11 heteroatoms. The lowest BCUT2D eigenvalue weighted by molar-refractivity contribution is 0.0203. The van der Waals surface area contributed by atoms with Crippen molar-refractivity contribution < 1.29 is 18.3 Å². The fourth-order valence-corrected chi connectivity index (χ4v) is 4.98. The highest BCUT2D eigenvalue weighted by atomic mass is 32.1. The second-order valence-electron chi connectivity index (χ2n) is 9.98. The second kappa shape index (κ2) is 9.09. The zero-order valence-corrected chi connectivity index (χ0v) is 20.5. The smallest absolute Gasteiger partial charge is 0.410 e. The summed E-state index contributed by atoms with van der Waals surface area (Å²) in [4.78, 5) is 33.9. The van der Waals surface area contributed by atoms with Crippen LogP contribution in [0, 0.1) is 0 Å². The maximum atomic E-state index is 13.4. The van der Waals surface area contributed by atoms with Gasteiger partial charge in [0.25, 0.3) is 5.56 Å². The summed E-state index contributed by atoms with van der Waals surface area (Å²) in [7, 11) is 0. The number of amides is 1. The molecular formula is C23H29F2N5O3S. The standard InChI is InChI=1S/C23H29F2N5O3S/c1-22(2,3)33-21(32)29-7-5-14(6-8-29)16-9-18(31)28-19-15(10-26-30(16)19)20-27-17(11-34-20)23(4,12-24)13-25/h9-11,14H,5-8,12-13H2,1-4H3,(H,28,31). The van der Waals surface area contributed by atoms with E-state index in [0.29, 0.717) is 47.8 Å². The molecule has 0 saturated carbocycles. The largest absolute Gasteiger partial charge is 0.444 e. The molecule has 0 aliphatic carbocycles. The van der Waals surface area contributed by atoms with Gasteiger partial charge in [-0.2, -0.15) is 5.10 Å². The molecule has 0 unspecified atom stereocenters. The summed E-state index contributed by atoms with van der Waals surface area (Å²) in [6.45, 7) is 6.31. The van der Waals surface area contributed by atoms with Crippen LogP contribution in [0.15, 0.2) is 22.4 Å². The molecule has 1 aliphatic rings. The molecule has 1 saturated heterocycles. The Morgan fingerprint density at radius 3 is 2.53 bits per heavy atom. The molecule has 4 rings (SSSR count). The van der Waals surface area contributed by atoms with E-state index >= 15 is 0 Å². The number of thiazole rings is 1. The van der Waals surface area contributed by atoms with Crippen LogP contribution in [-0.2, 0) is 10.2 Å². The van der Waals surface area contributed by atoms with Crippen LogP contribution >= 0.6 is 11.3 Å². The molecule has 34 heavy (non-hydrogen) atoms. The number of H-pyrrole nitrogens is 1. The number of nitrogens with zero attached hydrogens (tertiary/aromatic N) is 4. The summed E-state index contributed by atoms with van der Waals surface area (Å²) in [6, 6.07) is 1.54. The number of ether oxygens (including phenoxy) is 1. The molecule has 0 aromatic carbocycles. The number of aromatic amines is 1. The maximum absolute atomic E-state index is 13.4. The van der Waals surface area contributed by atoms with E-state index in [4.69, 9.17) is 4.74 Å². The van der Waals surface area contributed by atoms with Crippen molar-refractivity contribution in [1.82, 2.24) is 24.5 Å². The van der Waals surface area contributed by atoms with Gasteiger partial charge < -0.3 is 14.6 Å². The molecule has 0 spiro atoms. The predicted octanol–water partition coefficient (Wildman–Crippen LogP) is 4.46. The van der Waals surface area contributed by atoms with Crippen LogP contribution in [0.1, 0.15) is 57.8 Å². The van der Waals surface area contributed by atoms with Crippen LogP contribution in [0.5, 0.6) is 0 Å². The van der Waals surface area contributed by atoms with E-state index in [2.05, 4.69) is 15.1 Å². The first-order chi connectivity index (χ1) is 16.0. The number of piperidine rings is 1. The normalized spacial score (nSPS) is 15.8. The van der Waals surface area contributed by atoms with Gasteiger partial charge in [0.05, 0.1) is 28.6 Å². The minimum atomic E-state index is -1.29. The van der Waals surface area contributed by atoms with Crippen LogP contribution < -0.4 is 5.56 Å². The molecule has 1 aliphatic heterocycles. The zero-order valence-electron chi connectivity index (χ0n) is 19.7. The first kappa shape index (κ1) is 24.3. The van der Waals surface area contributed by atoms with Crippen LogP contribution in [-0.4, -0.2) is 62.6 Å². The van der Waals surface area contributed by atoms with Gasteiger partial charge in [-0.3, -0.25) is 4.79 Å². The Bertz CT molecular complexity index is 1230. The first-order valence-electron chi connectivity index (χ1n) is 11.2. The average Bonchev–Trinajstić information content (AvgIpc) is 3.44. The molecule has 1 fully saturated rings. The molecule has 3 aromatic heterocycles. The lowest BCUT2D eigenvalue weighted by Crippen LogP contribution is -2.41. The number of nitrogens with one attached hydrogen (secondary N) is 1. The topological polar surface area (TPSA) is 92.6 Å². The molecule has 184 valence electrons. The minimum absolute atomic E-state index is 0.0319. The highest BCUT2D eigenvalue weighted by Crippen LogP contribution is 2.34. The summed E-state index contributed by atoms with van der Waals surface area (Å²) < 4.78 is 34.0. The SMILES string of the molecule is CC(C)(C)OC(=O)N1CCC(c2cc(=O)[nH]c3c(-c4nc(C(C)(CF)CF)cs4)cnn23)CC1. The van der Waals surface area contributed by atoms with Crippen molar-refractivity contribution in [2.45, 2.75) is 57.5 Å². The number of hydrogen-bond donors (Lipinski definition) is 1. The summed E-state index contributed by atoms with van der Waals surface area (Å²) in [5, 5.41) is 6.66. The average molecular weight is 494 g/mol. The molecule has 1 amide bonds. The van der Waals surface area contributed by atoms with Crippen molar-refractivity contribution in [2.75, 3.05) is 26.4 Å². The highest BCUT2D eigenvalue weighted by molar-refractivity contribution is 7.13. The Balaban J connectivity index is 1.60. The Hall–Kier alpha value is -2.82. The summed E-state index contributed by atoms with van der Waals surface area (Å²) >= 11 is 1.26. The molecule has 4 heterocycles. The summed E-state index contributed by atoms with van der Waals surface area (Å²) in [6.07, 6.45) is 2.60. The minimum Gasteiger partial charge on any atom is -0.444 e. The zero-order chi connectivity index (χ0) is 24.7. The van der Waals surface area contributed by atoms with E-state index in [0.717, 1.165) is 5.69 Å². The van der Waals surface area contributed by atoms with Crippen molar-refractivity contribution in [3.63, 3.8) is 0 Å². The number of hydrogen-bond acceptors (Lipinski definition) is 6. The maximum Gasteiger partial charge on any atom is 0.410 e. The first-order valence-corrected chi connectivity index (χ1v) is 12.1. The lowest BCUT2D eigenvalue weighted by atomic mass is 9.91. The Labute approximate surface area is 200 Å². The van der Waals surface area contributed by atoms with E-state index in [9.17, 15) is 18.4 Å². The van der Waals surface area contributed by atoms with E-state index in [1.807, 2.05) is 20.8 Å². The second-order valence-corrected chi connectivity index (χ2v) is 10.8. The van der Waals surface area contributed by atoms with E-state index in [-0.39, 0.29) is 17.6 Å². The van der Waals surface area contributed by atoms with Crippen LogP contribution in [0.3, 0.4) is 0 Å². The number of aromatic nitrogens is 4. The number of likely N-dealkylation sites (tertiary alicyclic amines) is 1. The van der Waals surface area contributed by atoms with Crippen molar-refractivity contribution in [1.29, 1.82) is 0 Å². The predicted molar refractivity (Wildman–Crippen MR) is 126 cm³/mol. The Kier molecular flexibility index (Phi) is 6.50. The van der Waals surface area contributed by atoms with Gasteiger partial charge in [-0.15, -0.1) is 11.3 Å². The third-order valence-corrected chi connectivity index (χ3v) is 6.92. The molecule has 8 nitrogen and oxygen atoms in total. The molecule has 0 radical (unpaired) electrons. The molecular weight excluding hydrogens is 464 g/mol. The number of carbonyl (C=O) groups excluding carboxylic acids is 1. The molecule has 1 N–H and O–H groups in total. The quantitative estimate of drug-likeness (QED) is 0.567. The van der Waals surface area contributed by atoms with Gasteiger partial charge in [-0.05, 0) is 40.5 Å². The van der Waals surface area contributed by atoms with Crippen molar-refractivity contribution in [3.05, 3.63) is 39.4 Å². The van der Waals surface area contributed by atoms with Gasteiger partial charge in [0.15, 0.2) is 0 Å². The third kappa shape index (κ3) is 4.70. The number of halogens is 2.